The number of amides is 2. The number of ether oxygens (including phenoxy) is 3. The van der Waals surface area contributed by atoms with Crippen LogP contribution in [0.15, 0.2) is 24.3 Å². The third kappa shape index (κ3) is 7.10. The van der Waals surface area contributed by atoms with E-state index in [9.17, 15) is 14.4 Å². The quantitative estimate of drug-likeness (QED) is 0.718. The monoisotopic (exact) mass is 366 g/mol. The summed E-state index contributed by atoms with van der Waals surface area (Å²) in [6.07, 6.45) is -0.742. The van der Waals surface area contributed by atoms with Crippen LogP contribution in [0.1, 0.15) is 38.1 Å². The maximum atomic E-state index is 12.5. The third-order valence-corrected chi connectivity index (χ3v) is 3.02. The van der Waals surface area contributed by atoms with Crippen LogP contribution in [0.4, 0.5) is 10.5 Å². The molecular formula is C18H26N2O6. The first kappa shape index (κ1) is 21.4. The van der Waals surface area contributed by atoms with E-state index < -0.39 is 29.6 Å². The van der Waals surface area contributed by atoms with Crippen LogP contribution in [0.5, 0.6) is 0 Å². The molecule has 0 fully saturated rings. The molecule has 1 atom stereocenters. The number of rotatable bonds is 7. The lowest BCUT2D eigenvalue weighted by Gasteiger charge is -2.23. The average Bonchev–Trinajstić information content (AvgIpc) is 2.53. The number of para-hydroxylation sites is 1. The van der Waals surface area contributed by atoms with Gasteiger partial charge in [-0.15, -0.1) is 0 Å². The zero-order chi connectivity index (χ0) is 19.7. The summed E-state index contributed by atoms with van der Waals surface area (Å²) >= 11 is 0. The van der Waals surface area contributed by atoms with Crippen molar-refractivity contribution in [2.75, 3.05) is 25.6 Å². The van der Waals surface area contributed by atoms with Gasteiger partial charge in [0.25, 0.3) is 0 Å². The fraction of sp³-hybridized carbons (Fsp3) is 0.500. The Morgan fingerprint density at radius 1 is 1.15 bits per heavy atom. The van der Waals surface area contributed by atoms with Crippen LogP contribution >= 0.6 is 0 Å². The fourth-order valence-electron chi connectivity index (χ4n) is 2.00. The van der Waals surface area contributed by atoms with Crippen LogP contribution in [-0.4, -0.2) is 49.9 Å². The molecule has 8 nitrogen and oxygen atoms in total. The maximum absolute atomic E-state index is 12.5. The van der Waals surface area contributed by atoms with Gasteiger partial charge in [0.2, 0.25) is 5.91 Å². The van der Waals surface area contributed by atoms with E-state index in [0.717, 1.165) is 0 Å². The largest absolute Gasteiger partial charge is 0.462 e. The lowest BCUT2D eigenvalue weighted by atomic mass is 10.1. The summed E-state index contributed by atoms with van der Waals surface area (Å²) in [5.74, 6) is -1.10. The summed E-state index contributed by atoms with van der Waals surface area (Å²) in [5.41, 5.74) is -0.200. The molecule has 2 amide bonds. The molecule has 0 aromatic heterocycles. The van der Waals surface area contributed by atoms with Gasteiger partial charge in [0, 0.05) is 7.11 Å². The van der Waals surface area contributed by atoms with Crippen LogP contribution in [-0.2, 0) is 19.0 Å². The predicted molar refractivity (Wildman–Crippen MR) is 96.1 cm³/mol. The van der Waals surface area contributed by atoms with E-state index >= 15 is 0 Å². The number of esters is 1. The molecule has 0 saturated heterocycles. The summed E-state index contributed by atoms with van der Waals surface area (Å²) in [6, 6.07) is 5.45. The topological polar surface area (TPSA) is 103 Å². The van der Waals surface area contributed by atoms with E-state index in [1.807, 2.05) is 0 Å². The first-order chi connectivity index (χ1) is 12.2. The Labute approximate surface area is 153 Å². The maximum Gasteiger partial charge on any atom is 0.408 e. The molecule has 1 unspecified atom stereocenters. The number of carbonyl (C=O) groups is 3. The Morgan fingerprint density at radius 2 is 1.81 bits per heavy atom. The van der Waals surface area contributed by atoms with Gasteiger partial charge >= 0.3 is 12.1 Å². The Balaban J connectivity index is 2.88. The first-order valence-corrected chi connectivity index (χ1v) is 8.23. The molecule has 1 rings (SSSR count). The molecule has 0 heterocycles. The van der Waals surface area contributed by atoms with Crippen LogP contribution in [0.25, 0.3) is 0 Å². The predicted octanol–water partition coefficient (Wildman–Crippen LogP) is 2.34. The van der Waals surface area contributed by atoms with Gasteiger partial charge in [0.15, 0.2) is 0 Å². The highest BCUT2D eigenvalue weighted by molar-refractivity contribution is 6.03. The molecule has 2 N–H and O–H groups in total. The molecule has 0 aliphatic carbocycles. The lowest BCUT2D eigenvalue weighted by Crippen LogP contribution is -2.48. The number of hydrogen-bond donors (Lipinski definition) is 2. The van der Waals surface area contributed by atoms with Gasteiger partial charge in [0.1, 0.15) is 11.6 Å². The Hall–Kier alpha value is -2.61. The van der Waals surface area contributed by atoms with Crippen molar-refractivity contribution in [3.8, 4) is 0 Å². The number of carbonyl (C=O) groups excluding carboxylic acids is 3. The van der Waals surface area contributed by atoms with Crippen molar-refractivity contribution >= 4 is 23.7 Å². The number of anilines is 1. The first-order valence-electron chi connectivity index (χ1n) is 8.23. The average molecular weight is 366 g/mol. The highest BCUT2D eigenvalue weighted by Gasteiger charge is 2.25. The number of nitrogens with one attached hydrogen (secondary N) is 2. The highest BCUT2D eigenvalue weighted by Crippen LogP contribution is 2.17. The van der Waals surface area contributed by atoms with Gasteiger partial charge in [-0.1, -0.05) is 12.1 Å². The summed E-state index contributed by atoms with van der Waals surface area (Å²) in [5, 5.41) is 5.07. The number of hydrogen-bond acceptors (Lipinski definition) is 6. The minimum Gasteiger partial charge on any atom is -0.462 e. The van der Waals surface area contributed by atoms with Crippen molar-refractivity contribution in [3.05, 3.63) is 29.8 Å². The molecule has 144 valence electrons. The van der Waals surface area contributed by atoms with Gasteiger partial charge in [-0.3, -0.25) is 4.79 Å². The van der Waals surface area contributed by atoms with Gasteiger partial charge < -0.3 is 24.8 Å². The summed E-state index contributed by atoms with van der Waals surface area (Å²) in [4.78, 5) is 36.4. The van der Waals surface area contributed by atoms with E-state index in [1.165, 1.54) is 7.11 Å². The fourth-order valence-corrected chi connectivity index (χ4v) is 2.00. The zero-order valence-electron chi connectivity index (χ0n) is 15.8. The molecule has 0 saturated carbocycles. The Kier molecular flexibility index (Phi) is 8.05. The zero-order valence-corrected chi connectivity index (χ0v) is 15.8. The summed E-state index contributed by atoms with van der Waals surface area (Å²) in [7, 11) is 1.41. The van der Waals surface area contributed by atoms with Crippen LogP contribution in [0.2, 0.25) is 0 Å². The smallest absolute Gasteiger partial charge is 0.408 e. The van der Waals surface area contributed by atoms with Crippen molar-refractivity contribution in [3.63, 3.8) is 0 Å². The van der Waals surface area contributed by atoms with Crippen molar-refractivity contribution < 1.29 is 28.6 Å². The van der Waals surface area contributed by atoms with Gasteiger partial charge in [-0.05, 0) is 39.8 Å². The molecule has 0 aliphatic heterocycles. The second-order valence-electron chi connectivity index (χ2n) is 6.41. The second kappa shape index (κ2) is 9.76. The van der Waals surface area contributed by atoms with Crippen molar-refractivity contribution in [1.29, 1.82) is 0 Å². The minimum atomic E-state index is -0.995. The molecule has 0 radical (unpaired) electrons. The van der Waals surface area contributed by atoms with Crippen LogP contribution in [0.3, 0.4) is 0 Å². The summed E-state index contributed by atoms with van der Waals surface area (Å²) < 4.78 is 15.1. The van der Waals surface area contributed by atoms with Crippen molar-refractivity contribution in [1.82, 2.24) is 5.32 Å². The number of methoxy groups -OCH3 is 1. The standard InChI is InChI=1S/C18H26N2O6/c1-6-25-16(22)12-9-7-8-10-13(12)19-15(21)14(11-24-5)20-17(23)26-18(2,3)4/h7-10,14H,6,11H2,1-5H3,(H,19,21)(H,20,23). The second-order valence-corrected chi connectivity index (χ2v) is 6.41. The number of alkyl carbamates (subject to hydrolysis) is 1. The van der Waals surface area contributed by atoms with Gasteiger partial charge in [-0.2, -0.15) is 0 Å². The Morgan fingerprint density at radius 3 is 2.38 bits per heavy atom. The van der Waals surface area contributed by atoms with E-state index in [4.69, 9.17) is 14.2 Å². The van der Waals surface area contributed by atoms with E-state index in [2.05, 4.69) is 10.6 Å². The molecule has 0 aliphatic rings. The van der Waals surface area contributed by atoms with Crippen molar-refractivity contribution in [2.24, 2.45) is 0 Å². The highest BCUT2D eigenvalue weighted by atomic mass is 16.6. The molecule has 26 heavy (non-hydrogen) atoms. The third-order valence-electron chi connectivity index (χ3n) is 3.02. The SMILES string of the molecule is CCOC(=O)c1ccccc1NC(=O)C(COC)NC(=O)OC(C)(C)C. The van der Waals surface area contributed by atoms with Gasteiger partial charge in [-0.25, -0.2) is 9.59 Å². The molecule has 0 bridgehead atoms. The summed E-state index contributed by atoms with van der Waals surface area (Å²) in [6.45, 7) is 6.99. The number of benzene rings is 1. The molecule has 1 aromatic rings. The van der Waals surface area contributed by atoms with Crippen molar-refractivity contribution in [2.45, 2.75) is 39.3 Å². The molecular weight excluding hydrogens is 340 g/mol. The van der Waals surface area contributed by atoms with Crippen LogP contribution in [0, 0.1) is 0 Å². The van der Waals surface area contributed by atoms with Crippen LogP contribution < -0.4 is 10.6 Å². The minimum absolute atomic E-state index is 0.0628. The molecule has 0 spiro atoms. The lowest BCUT2D eigenvalue weighted by molar-refractivity contribution is -0.119. The van der Waals surface area contributed by atoms with E-state index in [0.29, 0.717) is 0 Å². The molecule has 1 aromatic carbocycles. The normalized spacial score (nSPS) is 12.0. The Bertz CT molecular complexity index is 639. The van der Waals surface area contributed by atoms with Gasteiger partial charge in [0.05, 0.1) is 24.5 Å². The van der Waals surface area contributed by atoms with E-state index in [1.54, 1.807) is 52.0 Å². The molecule has 8 heteroatoms. The van der Waals surface area contributed by atoms with E-state index in [-0.39, 0.29) is 24.5 Å².